The van der Waals surface area contributed by atoms with Gasteiger partial charge in [-0.2, -0.15) is 0 Å². The molecule has 0 fully saturated rings. The molecule has 0 N–H and O–H groups in total. The molecule has 1 aromatic heterocycles. The second-order valence-corrected chi connectivity index (χ2v) is 6.55. The van der Waals surface area contributed by atoms with Crippen molar-refractivity contribution in [1.82, 2.24) is 4.98 Å². The predicted octanol–water partition coefficient (Wildman–Crippen LogP) is 4.11. The summed E-state index contributed by atoms with van der Waals surface area (Å²) in [5.74, 6) is 1.73. The lowest BCUT2D eigenvalue weighted by Gasteiger charge is -2.18. The van der Waals surface area contributed by atoms with Crippen molar-refractivity contribution in [1.29, 1.82) is 0 Å². The highest BCUT2D eigenvalue weighted by Crippen LogP contribution is 2.32. The number of nitrogens with zero attached hydrogens (tertiary/aromatic N) is 2. The summed E-state index contributed by atoms with van der Waals surface area (Å²) in [4.78, 5) is 19.5. The predicted molar refractivity (Wildman–Crippen MR) is 102 cm³/mol. The number of carbonyl (C=O) groups is 1. The summed E-state index contributed by atoms with van der Waals surface area (Å²) < 4.78 is 10.5. The maximum Gasteiger partial charge on any atom is 0.259 e. The summed E-state index contributed by atoms with van der Waals surface area (Å²) in [5, 5.41) is 1.65. The van der Waals surface area contributed by atoms with Gasteiger partial charge in [-0.1, -0.05) is 11.6 Å². The summed E-state index contributed by atoms with van der Waals surface area (Å²) in [7, 11) is 3.13. The number of anilines is 1. The van der Waals surface area contributed by atoms with Gasteiger partial charge in [0.2, 0.25) is 0 Å². The molecule has 0 spiro atoms. The van der Waals surface area contributed by atoms with Crippen LogP contribution < -0.4 is 14.4 Å². The molecule has 0 radical (unpaired) electrons. The van der Waals surface area contributed by atoms with Crippen LogP contribution in [0.5, 0.6) is 11.5 Å². The molecule has 2 aromatic carbocycles. The Morgan fingerprint density at radius 1 is 1.08 bits per heavy atom. The van der Waals surface area contributed by atoms with E-state index in [1.807, 2.05) is 12.1 Å². The first-order valence-electron chi connectivity index (χ1n) is 8.23. The monoisotopic (exact) mass is 368 g/mol. The van der Waals surface area contributed by atoms with Gasteiger partial charge in [-0.05, 0) is 48.4 Å². The molecule has 5 nitrogen and oxygen atoms in total. The number of aromatic nitrogens is 1. The summed E-state index contributed by atoms with van der Waals surface area (Å²) >= 11 is 6.07. The maximum absolute atomic E-state index is 13.1. The third-order valence-corrected chi connectivity index (χ3v) is 4.77. The number of hydrogen-bond acceptors (Lipinski definition) is 4. The van der Waals surface area contributed by atoms with E-state index in [-0.39, 0.29) is 5.91 Å². The number of fused-ring (bicyclic) bond motifs is 2. The smallest absolute Gasteiger partial charge is 0.259 e. The van der Waals surface area contributed by atoms with Gasteiger partial charge in [0.05, 0.1) is 19.7 Å². The summed E-state index contributed by atoms with van der Waals surface area (Å²) in [5.41, 5.74) is 2.37. The molecule has 1 aliphatic rings. The molecule has 0 bridgehead atoms. The second kappa shape index (κ2) is 6.50. The Hall–Kier alpha value is -2.79. The Morgan fingerprint density at radius 2 is 1.81 bits per heavy atom. The van der Waals surface area contributed by atoms with Gasteiger partial charge in [0.25, 0.3) is 5.91 Å². The third kappa shape index (κ3) is 2.84. The first-order chi connectivity index (χ1) is 12.6. The Balaban J connectivity index is 1.75. The lowest BCUT2D eigenvalue weighted by molar-refractivity contribution is 0.0988. The minimum atomic E-state index is -0.123. The molecule has 132 valence electrons. The fourth-order valence-corrected chi connectivity index (χ4v) is 3.40. The van der Waals surface area contributed by atoms with Crippen molar-refractivity contribution in [3.8, 4) is 11.5 Å². The summed E-state index contributed by atoms with van der Waals surface area (Å²) in [6.45, 7) is 0.588. The molecule has 0 saturated carbocycles. The zero-order valence-corrected chi connectivity index (χ0v) is 15.2. The number of hydrogen-bond donors (Lipinski definition) is 0. The van der Waals surface area contributed by atoms with Crippen molar-refractivity contribution in [2.45, 2.75) is 6.42 Å². The number of carbonyl (C=O) groups excluding carboxylic acids is 1. The molecule has 6 heteroatoms. The summed E-state index contributed by atoms with van der Waals surface area (Å²) in [6, 6.07) is 12.8. The molecule has 4 rings (SSSR count). The third-order valence-electron chi connectivity index (χ3n) is 4.54. The van der Waals surface area contributed by atoms with Crippen LogP contribution in [0.4, 0.5) is 5.82 Å². The zero-order valence-electron chi connectivity index (χ0n) is 14.5. The average molecular weight is 369 g/mol. The Labute approximate surface area is 156 Å². The van der Waals surface area contributed by atoms with E-state index in [0.717, 1.165) is 22.9 Å². The van der Waals surface area contributed by atoms with E-state index in [2.05, 4.69) is 6.07 Å². The van der Waals surface area contributed by atoms with Crippen LogP contribution in [0.1, 0.15) is 15.9 Å². The van der Waals surface area contributed by atoms with Crippen LogP contribution in [0.25, 0.3) is 10.9 Å². The Bertz CT molecular complexity index is 997. The van der Waals surface area contributed by atoms with Crippen molar-refractivity contribution < 1.29 is 14.3 Å². The standard InChI is InChI=1S/C20H17ClN2O3/c1-25-16-9-14(10-17(11-16)26-2)20(24)23-6-5-12-7-13-8-15(21)3-4-18(13)22-19(12)23/h3-4,7-11H,5-6H2,1-2H3. The largest absolute Gasteiger partial charge is 0.497 e. The van der Waals surface area contributed by atoms with E-state index in [0.29, 0.717) is 34.4 Å². The average Bonchev–Trinajstić information content (AvgIpc) is 3.07. The van der Waals surface area contributed by atoms with E-state index < -0.39 is 0 Å². The van der Waals surface area contributed by atoms with E-state index >= 15 is 0 Å². The van der Waals surface area contributed by atoms with Gasteiger partial charge in [0, 0.05) is 28.6 Å². The topological polar surface area (TPSA) is 51.7 Å². The Morgan fingerprint density at radius 3 is 2.50 bits per heavy atom. The van der Waals surface area contributed by atoms with Crippen molar-refractivity contribution in [3.63, 3.8) is 0 Å². The molecule has 0 saturated heterocycles. The van der Waals surface area contributed by atoms with Crippen molar-refractivity contribution in [3.05, 3.63) is 58.6 Å². The zero-order chi connectivity index (χ0) is 18.3. The van der Waals surface area contributed by atoms with E-state index in [4.69, 9.17) is 26.1 Å². The fourth-order valence-electron chi connectivity index (χ4n) is 3.22. The van der Waals surface area contributed by atoms with Crippen LogP contribution in [-0.2, 0) is 6.42 Å². The summed E-state index contributed by atoms with van der Waals surface area (Å²) in [6.07, 6.45) is 0.762. The maximum atomic E-state index is 13.1. The highest BCUT2D eigenvalue weighted by atomic mass is 35.5. The highest BCUT2D eigenvalue weighted by Gasteiger charge is 2.28. The van der Waals surface area contributed by atoms with Gasteiger partial charge in [0.1, 0.15) is 17.3 Å². The van der Waals surface area contributed by atoms with Crippen LogP contribution in [0, 0.1) is 0 Å². The molecule has 1 aliphatic heterocycles. The van der Waals surface area contributed by atoms with Crippen molar-refractivity contribution >= 4 is 34.2 Å². The Kier molecular flexibility index (Phi) is 4.17. The van der Waals surface area contributed by atoms with Gasteiger partial charge in [-0.3, -0.25) is 9.69 Å². The molecule has 0 aliphatic carbocycles. The number of ether oxygens (including phenoxy) is 2. The first kappa shape index (κ1) is 16.7. The van der Waals surface area contributed by atoms with Crippen molar-refractivity contribution in [2.75, 3.05) is 25.7 Å². The first-order valence-corrected chi connectivity index (χ1v) is 8.61. The molecular weight excluding hydrogens is 352 g/mol. The molecule has 1 amide bonds. The van der Waals surface area contributed by atoms with Crippen LogP contribution in [0.2, 0.25) is 5.02 Å². The SMILES string of the molecule is COc1cc(OC)cc(C(=O)N2CCc3cc4cc(Cl)ccc4nc32)c1. The number of pyridine rings is 1. The van der Waals surface area contributed by atoms with Gasteiger partial charge in [-0.15, -0.1) is 0 Å². The van der Waals surface area contributed by atoms with Gasteiger partial charge < -0.3 is 9.47 Å². The van der Waals surface area contributed by atoms with Crippen LogP contribution in [0.15, 0.2) is 42.5 Å². The quantitative estimate of drug-likeness (QED) is 0.698. The van der Waals surface area contributed by atoms with Crippen LogP contribution >= 0.6 is 11.6 Å². The van der Waals surface area contributed by atoms with Gasteiger partial charge >= 0.3 is 0 Å². The minimum absolute atomic E-state index is 0.123. The highest BCUT2D eigenvalue weighted by molar-refractivity contribution is 6.31. The number of methoxy groups -OCH3 is 2. The number of halogens is 1. The van der Waals surface area contributed by atoms with Crippen molar-refractivity contribution in [2.24, 2.45) is 0 Å². The van der Waals surface area contributed by atoms with E-state index in [9.17, 15) is 4.79 Å². The van der Waals surface area contributed by atoms with Gasteiger partial charge in [-0.25, -0.2) is 4.98 Å². The fraction of sp³-hybridized carbons (Fsp3) is 0.200. The molecule has 3 aromatic rings. The molecule has 0 unspecified atom stereocenters. The second-order valence-electron chi connectivity index (χ2n) is 6.12. The lowest BCUT2D eigenvalue weighted by atomic mass is 10.1. The van der Waals surface area contributed by atoms with E-state index in [1.54, 1.807) is 43.4 Å². The minimum Gasteiger partial charge on any atom is -0.497 e. The molecule has 26 heavy (non-hydrogen) atoms. The number of benzene rings is 2. The lowest BCUT2D eigenvalue weighted by Crippen LogP contribution is -2.29. The number of amides is 1. The number of rotatable bonds is 3. The molecule has 0 atom stereocenters. The molecular formula is C20H17ClN2O3. The normalized spacial score (nSPS) is 13.0. The van der Waals surface area contributed by atoms with Crippen LogP contribution in [0.3, 0.4) is 0 Å². The van der Waals surface area contributed by atoms with Crippen LogP contribution in [-0.4, -0.2) is 31.7 Å². The molecule has 2 heterocycles. The van der Waals surface area contributed by atoms with E-state index in [1.165, 1.54) is 0 Å². The van der Waals surface area contributed by atoms with Gasteiger partial charge in [0.15, 0.2) is 0 Å².